The number of hydrogen-bond donors (Lipinski definition) is 0. The minimum absolute atomic E-state index is 0.245. The highest BCUT2D eigenvalue weighted by atomic mass is 19.1. The summed E-state index contributed by atoms with van der Waals surface area (Å²) in [5, 5.41) is 12.3. The number of piperazine rings is 1. The van der Waals surface area contributed by atoms with Crippen LogP contribution >= 0.6 is 0 Å². The van der Waals surface area contributed by atoms with E-state index in [1.54, 1.807) is 17.9 Å². The van der Waals surface area contributed by atoms with E-state index in [1.807, 2.05) is 12.1 Å². The maximum atomic E-state index is 14.9. The van der Waals surface area contributed by atoms with Gasteiger partial charge in [0.2, 0.25) is 0 Å². The van der Waals surface area contributed by atoms with Crippen LogP contribution in [0.3, 0.4) is 0 Å². The molecule has 1 saturated heterocycles. The van der Waals surface area contributed by atoms with Crippen LogP contribution in [0.4, 0.5) is 10.1 Å². The van der Waals surface area contributed by atoms with E-state index in [0.29, 0.717) is 24.5 Å². The quantitative estimate of drug-likeness (QED) is 0.581. The normalized spacial score (nSPS) is 15.9. The predicted molar refractivity (Wildman–Crippen MR) is 118 cm³/mol. The van der Waals surface area contributed by atoms with Crippen LogP contribution in [0, 0.1) is 19.7 Å². The lowest BCUT2D eigenvalue weighted by Crippen LogP contribution is -2.48. The van der Waals surface area contributed by atoms with Crippen LogP contribution in [0.2, 0.25) is 0 Å². The first-order valence-corrected chi connectivity index (χ1v) is 10.6. The van der Waals surface area contributed by atoms with Crippen LogP contribution in [0.1, 0.15) is 28.6 Å². The number of halogens is 1. The topological polar surface area (TPSA) is 59.3 Å². The van der Waals surface area contributed by atoms with E-state index in [0.717, 1.165) is 26.2 Å². The van der Waals surface area contributed by atoms with Crippen molar-refractivity contribution >= 4 is 5.69 Å². The van der Waals surface area contributed by atoms with Gasteiger partial charge < -0.3 is 9.64 Å². The zero-order chi connectivity index (χ0) is 21.8. The molecule has 31 heavy (non-hydrogen) atoms. The Labute approximate surface area is 182 Å². The van der Waals surface area contributed by atoms with Crippen LogP contribution in [-0.4, -0.2) is 65.0 Å². The van der Waals surface area contributed by atoms with E-state index in [2.05, 4.69) is 57.4 Å². The summed E-state index contributed by atoms with van der Waals surface area (Å²) in [7, 11) is 1.64. The van der Waals surface area contributed by atoms with Gasteiger partial charge in [-0.1, -0.05) is 30.3 Å². The van der Waals surface area contributed by atoms with Crippen molar-refractivity contribution in [3.05, 3.63) is 70.8 Å². The number of rotatable bonds is 7. The van der Waals surface area contributed by atoms with Crippen molar-refractivity contribution in [2.75, 3.05) is 44.8 Å². The van der Waals surface area contributed by atoms with Gasteiger partial charge in [-0.2, -0.15) is 0 Å². The highest BCUT2D eigenvalue weighted by Gasteiger charge is 2.32. The summed E-state index contributed by atoms with van der Waals surface area (Å²) >= 11 is 0. The second-order valence-corrected chi connectivity index (χ2v) is 7.99. The van der Waals surface area contributed by atoms with Gasteiger partial charge in [0.25, 0.3) is 0 Å². The first kappa shape index (κ1) is 21.4. The minimum atomic E-state index is -0.353. The molecule has 0 spiro atoms. The van der Waals surface area contributed by atoms with Gasteiger partial charge in [-0.3, -0.25) is 4.90 Å². The molecule has 1 aliphatic rings. The minimum Gasteiger partial charge on any atom is -0.383 e. The largest absolute Gasteiger partial charge is 0.383 e. The Morgan fingerprint density at radius 1 is 1.06 bits per heavy atom. The van der Waals surface area contributed by atoms with Crippen molar-refractivity contribution in [2.45, 2.75) is 26.4 Å². The van der Waals surface area contributed by atoms with Crippen molar-refractivity contribution in [1.29, 1.82) is 0 Å². The Bertz CT molecular complexity index is 1010. The molecule has 2 aromatic carbocycles. The molecular formula is C23H29FN6O. The maximum absolute atomic E-state index is 14.9. The van der Waals surface area contributed by atoms with Crippen LogP contribution < -0.4 is 4.90 Å². The number of methoxy groups -OCH3 is 1. The van der Waals surface area contributed by atoms with E-state index >= 15 is 0 Å². The number of tetrazole rings is 1. The summed E-state index contributed by atoms with van der Waals surface area (Å²) < 4.78 is 21.8. The van der Waals surface area contributed by atoms with Crippen molar-refractivity contribution in [1.82, 2.24) is 25.1 Å². The third-order valence-electron chi connectivity index (χ3n) is 5.90. The smallest absolute Gasteiger partial charge is 0.173 e. The summed E-state index contributed by atoms with van der Waals surface area (Å²) in [4.78, 5) is 4.68. The molecule has 3 aromatic rings. The van der Waals surface area contributed by atoms with Crippen LogP contribution in [0.25, 0.3) is 0 Å². The molecule has 2 heterocycles. The van der Waals surface area contributed by atoms with Gasteiger partial charge >= 0.3 is 0 Å². The lowest BCUT2D eigenvalue weighted by molar-refractivity contribution is 0.171. The van der Waals surface area contributed by atoms with Crippen LogP contribution in [-0.2, 0) is 11.3 Å². The van der Waals surface area contributed by atoms with Crippen molar-refractivity contribution < 1.29 is 9.13 Å². The molecule has 164 valence electrons. The SMILES string of the molecule is COCCn1nnnc1[C@H](c1ccccc1F)N1CCN(c2cc(C)ccc2C)CC1. The zero-order valence-electron chi connectivity index (χ0n) is 18.3. The molecule has 0 amide bonds. The Morgan fingerprint density at radius 2 is 1.84 bits per heavy atom. The Balaban J connectivity index is 1.61. The van der Waals surface area contributed by atoms with Gasteiger partial charge in [-0.15, -0.1) is 5.10 Å². The standard InChI is InChI=1S/C23H29FN6O/c1-17-8-9-18(2)21(16-17)28-10-12-29(13-11-28)22(19-6-4-5-7-20(19)24)23-25-26-27-30(23)14-15-31-3/h4-9,16,22H,10-15H2,1-3H3/t22-/m0/s1. The zero-order valence-corrected chi connectivity index (χ0v) is 18.3. The second kappa shape index (κ2) is 9.53. The molecule has 1 atom stereocenters. The molecule has 0 aliphatic carbocycles. The number of benzene rings is 2. The van der Waals surface area contributed by atoms with Gasteiger partial charge in [0.05, 0.1) is 13.2 Å². The molecular weight excluding hydrogens is 395 g/mol. The van der Waals surface area contributed by atoms with E-state index in [1.165, 1.54) is 22.9 Å². The Kier molecular flexibility index (Phi) is 6.58. The molecule has 0 unspecified atom stereocenters. The first-order chi connectivity index (χ1) is 15.1. The third-order valence-corrected chi connectivity index (χ3v) is 5.90. The van der Waals surface area contributed by atoms with Gasteiger partial charge in [-0.25, -0.2) is 9.07 Å². The average Bonchev–Trinajstić information content (AvgIpc) is 3.24. The number of nitrogens with zero attached hydrogens (tertiary/aromatic N) is 6. The van der Waals surface area contributed by atoms with Gasteiger partial charge in [-0.05, 0) is 47.5 Å². The van der Waals surface area contributed by atoms with Crippen molar-refractivity contribution in [2.24, 2.45) is 0 Å². The highest BCUT2D eigenvalue weighted by molar-refractivity contribution is 5.55. The van der Waals surface area contributed by atoms with Gasteiger partial charge in [0.15, 0.2) is 5.82 Å². The summed E-state index contributed by atoms with van der Waals surface area (Å²) in [6.07, 6.45) is 0. The molecule has 7 nitrogen and oxygen atoms in total. The molecule has 1 aromatic heterocycles. The molecule has 8 heteroatoms. The number of ether oxygens (including phenoxy) is 1. The summed E-state index contributed by atoms with van der Waals surface area (Å²) in [5.41, 5.74) is 4.39. The monoisotopic (exact) mass is 424 g/mol. The first-order valence-electron chi connectivity index (χ1n) is 10.6. The molecule has 1 fully saturated rings. The van der Waals surface area contributed by atoms with E-state index in [-0.39, 0.29) is 11.9 Å². The molecule has 0 bridgehead atoms. The summed E-state index contributed by atoms with van der Waals surface area (Å²) in [6.45, 7) is 8.55. The maximum Gasteiger partial charge on any atom is 0.173 e. The number of aromatic nitrogens is 4. The van der Waals surface area contributed by atoms with Crippen LogP contribution in [0.15, 0.2) is 42.5 Å². The van der Waals surface area contributed by atoms with Crippen molar-refractivity contribution in [3.8, 4) is 0 Å². The van der Waals surface area contributed by atoms with E-state index < -0.39 is 0 Å². The lowest BCUT2D eigenvalue weighted by Gasteiger charge is -2.40. The predicted octanol–water partition coefficient (Wildman–Crippen LogP) is 2.99. The fourth-order valence-electron chi connectivity index (χ4n) is 4.22. The third kappa shape index (κ3) is 4.60. The lowest BCUT2D eigenvalue weighted by atomic mass is 10.0. The Hall–Kier alpha value is -2.84. The molecule has 1 aliphatic heterocycles. The number of aryl methyl sites for hydroxylation is 2. The highest BCUT2D eigenvalue weighted by Crippen LogP contribution is 2.31. The number of hydrogen-bond acceptors (Lipinski definition) is 6. The summed E-state index contributed by atoms with van der Waals surface area (Å²) in [5.74, 6) is 0.396. The fraction of sp³-hybridized carbons (Fsp3) is 0.435. The van der Waals surface area contributed by atoms with E-state index in [9.17, 15) is 4.39 Å². The number of anilines is 1. The second-order valence-electron chi connectivity index (χ2n) is 7.99. The molecule has 4 rings (SSSR count). The van der Waals surface area contributed by atoms with Gasteiger partial charge in [0.1, 0.15) is 11.9 Å². The van der Waals surface area contributed by atoms with Crippen molar-refractivity contribution in [3.63, 3.8) is 0 Å². The van der Waals surface area contributed by atoms with Gasteiger partial charge in [0, 0.05) is 44.5 Å². The fourth-order valence-corrected chi connectivity index (χ4v) is 4.22. The molecule has 0 N–H and O–H groups in total. The summed E-state index contributed by atoms with van der Waals surface area (Å²) in [6, 6.07) is 13.1. The average molecular weight is 425 g/mol. The molecule has 0 radical (unpaired) electrons. The Morgan fingerprint density at radius 3 is 2.58 bits per heavy atom. The van der Waals surface area contributed by atoms with Crippen LogP contribution in [0.5, 0.6) is 0 Å². The van der Waals surface area contributed by atoms with E-state index in [4.69, 9.17) is 4.74 Å². The molecule has 0 saturated carbocycles.